The molecule has 0 aliphatic carbocycles. The van der Waals surface area contributed by atoms with Crippen LogP contribution in [-0.2, 0) is 11.2 Å². The lowest BCUT2D eigenvalue weighted by atomic mass is 10.1. The molecule has 0 fully saturated rings. The molecule has 2 rings (SSSR count). The van der Waals surface area contributed by atoms with Gasteiger partial charge in [-0.3, -0.25) is 4.79 Å². The van der Waals surface area contributed by atoms with Crippen molar-refractivity contribution in [1.29, 1.82) is 0 Å². The van der Waals surface area contributed by atoms with Gasteiger partial charge in [0.2, 0.25) is 5.91 Å². The lowest BCUT2D eigenvalue weighted by Crippen LogP contribution is -2.20. The molecule has 2 aromatic rings. The van der Waals surface area contributed by atoms with Gasteiger partial charge in [-0.15, -0.1) is 6.58 Å². The molecule has 27 heavy (non-hydrogen) atoms. The van der Waals surface area contributed by atoms with Gasteiger partial charge in [0.25, 0.3) is 0 Å². The lowest BCUT2D eigenvalue weighted by molar-refractivity contribution is -0.120. The van der Waals surface area contributed by atoms with Crippen LogP contribution < -0.4 is 10.7 Å². The molecule has 7 heteroatoms. The number of nitrogens with zero attached hydrogens (tertiary/aromatic N) is 3. The highest BCUT2D eigenvalue weighted by molar-refractivity contribution is 5.85. The number of azo groups is 1. The second-order valence-electron chi connectivity index (χ2n) is 5.63. The Hall–Kier alpha value is -3.48. The van der Waals surface area contributed by atoms with E-state index >= 15 is 0 Å². The fourth-order valence-electron chi connectivity index (χ4n) is 2.39. The Bertz CT molecular complexity index is 846. The number of carbonyl (C=O) groups is 1. The predicted molar refractivity (Wildman–Crippen MR) is 108 cm³/mol. The van der Waals surface area contributed by atoms with E-state index in [0.29, 0.717) is 24.2 Å². The number of para-hydroxylation sites is 2. The second kappa shape index (κ2) is 10.5. The lowest BCUT2D eigenvalue weighted by Gasteiger charge is -2.08. The number of aromatic hydroxyl groups is 1. The summed E-state index contributed by atoms with van der Waals surface area (Å²) in [6.07, 6.45) is 3.93. The van der Waals surface area contributed by atoms with Crippen molar-refractivity contribution in [2.75, 3.05) is 18.9 Å². The topological polar surface area (TPSA) is 98.4 Å². The fraction of sp³-hybridized carbons (Fsp3) is 0.200. The normalized spacial score (nSPS) is 11.0. The van der Waals surface area contributed by atoms with E-state index in [9.17, 15) is 9.90 Å². The summed E-state index contributed by atoms with van der Waals surface area (Å²) in [6.45, 7) is 4.09. The summed E-state index contributed by atoms with van der Waals surface area (Å²) < 4.78 is 0. The quantitative estimate of drug-likeness (QED) is 0.273. The first-order valence-corrected chi connectivity index (χ1v) is 8.52. The van der Waals surface area contributed by atoms with E-state index in [2.05, 4.69) is 32.7 Å². The number of amides is 1. The van der Waals surface area contributed by atoms with Gasteiger partial charge in [0.1, 0.15) is 11.4 Å². The standard InChI is InChI=1S/C20H23N5O2/c1-3-7-15-8-6-9-16(20(15)27)14-23-25-19(26)12-13-22-17-10-4-5-11-18(17)24-21-2/h3-6,8-11,14,22,27H,1,7,12-13H2,2H3,(H,25,26)/b23-14+,24-21?. The van der Waals surface area contributed by atoms with E-state index in [1.54, 1.807) is 19.2 Å². The van der Waals surface area contributed by atoms with Crippen LogP contribution in [0.25, 0.3) is 0 Å². The smallest absolute Gasteiger partial charge is 0.241 e. The van der Waals surface area contributed by atoms with E-state index in [0.717, 1.165) is 11.3 Å². The van der Waals surface area contributed by atoms with Gasteiger partial charge in [0.15, 0.2) is 0 Å². The predicted octanol–water partition coefficient (Wildman–Crippen LogP) is 3.79. The summed E-state index contributed by atoms with van der Waals surface area (Å²) in [7, 11) is 1.60. The Kier molecular flexibility index (Phi) is 7.71. The van der Waals surface area contributed by atoms with Crippen LogP contribution in [0.5, 0.6) is 5.75 Å². The Labute approximate surface area is 158 Å². The highest BCUT2D eigenvalue weighted by Gasteiger charge is 2.05. The number of rotatable bonds is 9. The SMILES string of the molecule is C=CCc1cccc(/C=N/NC(=O)CCNc2ccccc2N=NC)c1O. The van der Waals surface area contributed by atoms with E-state index < -0.39 is 0 Å². The van der Waals surface area contributed by atoms with Gasteiger partial charge in [-0.25, -0.2) is 5.43 Å². The van der Waals surface area contributed by atoms with Crippen LogP contribution in [0.3, 0.4) is 0 Å². The van der Waals surface area contributed by atoms with Crippen molar-refractivity contribution in [1.82, 2.24) is 5.43 Å². The van der Waals surface area contributed by atoms with Crippen molar-refractivity contribution in [3.8, 4) is 5.75 Å². The van der Waals surface area contributed by atoms with Crippen molar-refractivity contribution in [2.45, 2.75) is 12.8 Å². The first kappa shape index (κ1) is 19.8. The van der Waals surface area contributed by atoms with Crippen molar-refractivity contribution in [3.63, 3.8) is 0 Å². The van der Waals surface area contributed by atoms with Gasteiger partial charge >= 0.3 is 0 Å². The van der Waals surface area contributed by atoms with Gasteiger partial charge in [-0.1, -0.05) is 30.3 Å². The van der Waals surface area contributed by atoms with Crippen LogP contribution in [-0.4, -0.2) is 30.8 Å². The molecule has 0 atom stereocenters. The van der Waals surface area contributed by atoms with E-state index in [-0.39, 0.29) is 18.1 Å². The first-order chi connectivity index (χ1) is 13.2. The third-order valence-electron chi connectivity index (χ3n) is 3.69. The molecule has 0 radical (unpaired) electrons. The molecular weight excluding hydrogens is 342 g/mol. The number of anilines is 1. The number of hydrogen-bond donors (Lipinski definition) is 3. The zero-order valence-electron chi connectivity index (χ0n) is 15.2. The van der Waals surface area contributed by atoms with Crippen LogP contribution >= 0.6 is 0 Å². The summed E-state index contributed by atoms with van der Waals surface area (Å²) in [6, 6.07) is 12.8. The van der Waals surface area contributed by atoms with Crippen molar-refractivity contribution in [2.24, 2.45) is 15.3 Å². The van der Waals surface area contributed by atoms with E-state index in [1.165, 1.54) is 6.21 Å². The average molecular weight is 365 g/mol. The molecule has 3 N–H and O–H groups in total. The first-order valence-electron chi connectivity index (χ1n) is 8.52. The molecule has 0 aliphatic heterocycles. The van der Waals surface area contributed by atoms with Crippen LogP contribution in [0.2, 0.25) is 0 Å². The third kappa shape index (κ3) is 6.07. The largest absolute Gasteiger partial charge is 0.507 e. The molecule has 0 saturated heterocycles. The minimum atomic E-state index is -0.241. The van der Waals surface area contributed by atoms with Crippen molar-refractivity contribution >= 4 is 23.5 Å². The molecule has 7 nitrogen and oxygen atoms in total. The number of hydrogen-bond acceptors (Lipinski definition) is 6. The second-order valence-corrected chi connectivity index (χ2v) is 5.63. The zero-order chi connectivity index (χ0) is 19.5. The highest BCUT2D eigenvalue weighted by Crippen LogP contribution is 2.24. The van der Waals surface area contributed by atoms with Crippen LogP contribution in [0.1, 0.15) is 17.5 Å². The molecular formula is C20H23N5O2. The van der Waals surface area contributed by atoms with Gasteiger partial charge in [0.05, 0.1) is 11.9 Å². The van der Waals surface area contributed by atoms with Crippen molar-refractivity contribution < 1.29 is 9.90 Å². The number of nitrogens with one attached hydrogen (secondary N) is 2. The molecule has 1 amide bonds. The summed E-state index contributed by atoms with van der Waals surface area (Å²) in [4.78, 5) is 11.9. The number of hydrazone groups is 1. The summed E-state index contributed by atoms with van der Waals surface area (Å²) in [5, 5.41) is 25.0. The van der Waals surface area contributed by atoms with Gasteiger partial charge < -0.3 is 10.4 Å². The highest BCUT2D eigenvalue weighted by atomic mass is 16.3. The summed E-state index contributed by atoms with van der Waals surface area (Å²) in [5.41, 5.74) is 5.27. The maximum absolute atomic E-state index is 11.9. The Morgan fingerprint density at radius 1 is 1.22 bits per heavy atom. The van der Waals surface area contributed by atoms with Crippen LogP contribution in [0.15, 0.2) is 70.4 Å². The minimum absolute atomic E-state index is 0.138. The Morgan fingerprint density at radius 3 is 2.81 bits per heavy atom. The van der Waals surface area contributed by atoms with Crippen molar-refractivity contribution in [3.05, 3.63) is 66.2 Å². The number of allylic oxidation sites excluding steroid dienone is 1. The Balaban J connectivity index is 1.84. The molecule has 0 unspecified atom stereocenters. The van der Waals surface area contributed by atoms with Gasteiger partial charge in [-0.2, -0.15) is 15.3 Å². The zero-order valence-corrected chi connectivity index (χ0v) is 15.2. The molecule has 0 aromatic heterocycles. The van der Waals surface area contributed by atoms with Gasteiger partial charge in [0, 0.05) is 25.6 Å². The summed E-state index contributed by atoms with van der Waals surface area (Å²) in [5.74, 6) is -0.103. The number of phenols is 1. The number of carbonyl (C=O) groups excluding carboxylic acids is 1. The molecule has 0 saturated carbocycles. The molecule has 0 bridgehead atoms. The van der Waals surface area contributed by atoms with Gasteiger partial charge in [-0.05, 0) is 30.2 Å². The van der Waals surface area contributed by atoms with E-state index in [1.807, 2.05) is 36.4 Å². The number of benzene rings is 2. The third-order valence-corrected chi connectivity index (χ3v) is 3.69. The van der Waals surface area contributed by atoms with Crippen LogP contribution in [0.4, 0.5) is 11.4 Å². The maximum atomic E-state index is 11.9. The monoisotopic (exact) mass is 365 g/mol. The van der Waals surface area contributed by atoms with E-state index in [4.69, 9.17) is 0 Å². The molecule has 0 heterocycles. The minimum Gasteiger partial charge on any atom is -0.507 e. The number of phenolic OH excluding ortho intramolecular Hbond substituents is 1. The molecule has 140 valence electrons. The van der Waals surface area contributed by atoms with Crippen LogP contribution in [0, 0.1) is 0 Å². The molecule has 0 aliphatic rings. The Morgan fingerprint density at radius 2 is 2.04 bits per heavy atom. The average Bonchev–Trinajstić information content (AvgIpc) is 2.66. The molecule has 0 spiro atoms. The summed E-state index contributed by atoms with van der Waals surface area (Å²) >= 11 is 0. The molecule has 2 aromatic carbocycles. The fourth-order valence-corrected chi connectivity index (χ4v) is 2.39. The maximum Gasteiger partial charge on any atom is 0.241 e.